The fourth-order valence-electron chi connectivity index (χ4n) is 2.07. The summed E-state index contributed by atoms with van der Waals surface area (Å²) < 4.78 is 0. The third kappa shape index (κ3) is 3.20. The normalized spacial score (nSPS) is 14.7. The average molecular weight is 255 g/mol. The number of amides is 1. The van der Waals surface area contributed by atoms with Gasteiger partial charge in [0, 0.05) is 5.69 Å². The van der Waals surface area contributed by atoms with E-state index in [0.29, 0.717) is 6.42 Å². The molecular weight excluding hydrogens is 236 g/mol. The summed E-state index contributed by atoms with van der Waals surface area (Å²) in [5, 5.41) is 2.86. The molecule has 0 bridgehead atoms. The molecule has 4 heteroatoms. The summed E-state index contributed by atoms with van der Waals surface area (Å²) >= 11 is 0. The Bertz CT molecular complexity index is 406. The van der Waals surface area contributed by atoms with Gasteiger partial charge in [-0.1, -0.05) is 13.0 Å². The van der Waals surface area contributed by atoms with Crippen LogP contribution >= 0.6 is 12.4 Å². The first-order valence-electron chi connectivity index (χ1n) is 5.89. The standard InChI is InChI=1S/C13H18N2O.ClH/c1-2-12(14)13(16)15-11-7-6-9-4-3-5-10(9)8-11;/h6-8,12H,2-5,14H2,1H3,(H,15,16);1H. The maximum Gasteiger partial charge on any atom is 0.241 e. The smallest absolute Gasteiger partial charge is 0.241 e. The minimum atomic E-state index is -0.409. The van der Waals surface area contributed by atoms with Crippen molar-refractivity contribution in [1.29, 1.82) is 0 Å². The Hall–Kier alpha value is -1.06. The lowest BCUT2D eigenvalue weighted by Crippen LogP contribution is -2.34. The van der Waals surface area contributed by atoms with Gasteiger partial charge in [0.25, 0.3) is 0 Å². The SMILES string of the molecule is CCC(N)C(=O)Nc1ccc2c(c1)CCC2.Cl. The van der Waals surface area contributed by atoms with Crippen molar-refractivity contribution in [2.45, 2.75) is 38.6 Å². The van der Waals surface area contributed by atoms with Crippen molar-refractivity contribution in [2.75, 3.05) is 5.32 Å². The predicted octanol–water partition coefficient (Wildman–Crippen LogP) is 2.27. The molecule has 0 saturated carbocycles. The van der Waals surface area contributed by atoms with Crippen LogP contribution in [0.15, 0.2) is 18.2 Å². The van der Waals surface area contributed by atoms with Crippen LogP contribution < -0.4 is 11.1 Å². The zero-order valence-corrected chi connectivity index (χ0v) is 10.8. The Morgan fingerprint density at radius 2 is 2.12 bits per heavy atom. The van der Waals surface area contributed by atoms with E-state index >= 15 is 0 Å². The average Bonchev–Trinajstić information content (AvgIpc) is 2.75. The Morgan fingerprint density at radius 1 is 1.41 bits per heavy atom. The zero-order valence-electron chi connectivity index (χ0n) is 10.0. The van der Waals surface area contributed by atoms with Crippen molar-refractivity contribution in [2.24, 2.45) is 5.73 Å². The van der Waals surface area contributed by atoms with Gasteiger partial charge < -0.3 is 11.1 Å². The van der Waals surface area contributed by atoms with E-state index in [9.17, 15) is 4.79 Å². The summed E-state index contributed by atoms with van der Waals surface area (Å²) in [5.74, 6) is -0.0968. The third-order valence-corrected chi connectivity index (χ3v) is 3.14. The Kier molecular flexibility index (Phi) is 4.97. The molecule has 1 aliphatic carbocycles. The van der Waals surface area contributed by atoms with Crippen LogP contribution in [0.1, 0.15) is 30.9 Å². The number of rotatable bonds is 3. The fraction of sp³-hybridized carbons (Fsp3) is 0.462. The van der Waals surface area contributed by atoms with E-state index in [4.69, 9.17) is 5.73 Å². The minimum absolute atomic E-state index is 0. The molecule has 94 valence electrons. The van der Waals surface area contributed by atoms with Gasteiger partial charge >= 0.3 is 0 Å². The Balaban J connectivity index is 0.00000144. The molecule has 2 rings (SSSR count). The van der Waals surface area contributed by atoms with E-state index in [1.807, 2.05) is 13.0 Å². The van der Waals surface area contributed by atoms with E-state index in [-0.39, 0.29) is 18.3 Å². The second-order valence-corrected chi connectivity index (χ2v) is 4.34. The molecular formula is C13H19ClN2O. The number of nitrogens with one attached hydrogen (secondary N) is 1. The molecule has 1 unspecified atom stereocenters. The molecule has 17 heavy (non-hydrogen) atoms. The number of hydrogen-bond acceptors (Lipinski definition) is 2. The molecule has 3 N–H and O–H groups in total. The summed E-state index contributed by atoms with van der Waals surface area (Å²) in [7, 11) is 0. The summed E-state index contributed by atoms with van der Waals surface area (Å²) in [5.41, 5.74) is 9.31. The van der Waals surface area contributed by atoms with Crippen molar-refractivity contribution >= 4 is 24.0 Å². The van der Waals surface area contributed by atoms with Gasteiger partial charge in [0.05, 0.1) is 6.04 Å². The number of benzene rings is 1. The van der Waals surface area contributed by atoms with Crippen LogP contribution in [0.4, 0.5) is 5.69 Å². The first kappa shape index (κ1) is 14.0. The van der Waals surface area contributed by atoms with Crippen molar-refractivity contribution in [3.63, 3.8) is 0 Å². The van der Waals surface area contributed by atoms with E-state index in [1.165, 1.54) is 17.5 Å². The lowest BCUT2D eigenvalue weighted by molar-refractivity contribution is -0.117. The Morgan fingerprint density at radius 3 is 2.82 bits per heavy atom. The van der Waals surface area contributed by atoms with Crippen LogP contribution in [0, 0.1) is 0 Å². The highest BCUT2D eigenvalue weighted by Crippen LogP contribution is 2.24. The third-order valence-electron chi connectivity index (χ3n) is 3.14. The number of halogens is 1. The van der Waals surface area contributed by atoms with Gasteiger partial charge in [-0.05, 0) is 48.9 Å². The molecule has 1 aromatic carbocycles. The van der Waals surface area contributed by atoms with E-state index < -0.39 is 6.04 Å². The number of carbonyl (C=O) groups is 1. The monoisotopic (exact) mass is 254 g/mol. The highest BCUT2D eigenvalue weighted by Gasteiger charge is 2.14. The quantitative estimate of drug-likeness (QED) is 0.870. The Labute approximate surface area is 108 Å². The topological polar surface area (TPSA) is 55.1 Å². The first-order valence-corrected chi connectivity index (χ1v) is 5.89. The van der Waals surface area contributed by atoms with Crippen LogP contribution in [-0.4, -0.2) is 11.9 Å². The lowest BCUT2D eigenvalue weighted by atomic mass is 10.1. The number of hydrogen-bond donors (Lipinski definition) is 2. The minimum Gasteiger partial charge on any atom is -0.325 e. The summed E-state index contributed by atoms with van der Waals surface area (Å²) in [6.07, 6.45) is 4.18. The number of fused-ring (bicyclic) bond motifs is 1. The van der Waals surface area contributed by atoms with E-state index in [0.717, 1.165) is 18.5 Å². The molecule has 0 radical (unpaired) electrons. The summed E-state index contributed by atoms with van der Waals surface area (Å²) in [6, 6.07) is 5.73. The molecule has 0 spiro atoms. The first-order chi connectivity index (χ1) is 7.70. The molecule has 1 atom stereocenters. The van der Waals surface area contributed by atoms with E-state index in [1.54, 1.807) is 0 Å². The highest BCUT2D eigenvalue weighted by molar-refractivity contribution is 5.94. The van der Waals surface area contributed by atoms with Crippen LogP contribution in [-0.2, 0) is 17.6 Å². The second-order valence-electron chi connectivity index (χ2n) is 4.34. The zero-order chi connectivity index (χ0) is 11.5. The number of carbonyl (C=O) groups excluding carboxylic acids is 1. The van der Waals surface area contributed by atoms with Gasteiger partial charge in [0.2, 0.25) is 5.91 Å². The van der Waals surface area contributed by atoms with Gasteiger partial charge in [0.1, 0.15) is 0 Å². The maximum atomic E-state index is 11.6. The van der Waals surface area contributed by atoms with E-state index in [2.05, 4.69) is 17.4 Å². The van der Waals surface area contributed by atoms with Crippen molar-refractivity contribution < 1.29 is 4.79 Å². The lowest BCUT2D eigenvalue weighted by Gasteiger charge is -2.11. The predicted molar refractivity (Wildman–Crippen MR) is 72.6 cm³/mol. The summed E-state index contributed by atoms with van der Waals surface area (Å²) in [6.45, 7) is 1.91. The van der Waals surface area contributed by atoms with Crippen molar-refractivity contribution in [3.8, 4) is 0 Å². The number of anilines is 1. The van der Waals surface area contributed by atoms with Gasteiger partial charge in [-0.2, -0.15) is 0 Å². The van der Waals surface area contributed by atoms with Gasteiger partial charge in [-0.15, -0.1) is 12.4 Å². The van der Waals surface area contributed by atoms with Crippen LogP contribution in [0.2, 0.25) is 0 Å². The van der Waals surface area contributed by atoms with Gasteiger partial charge in [-0.3, -0.25) is 4.79 Å². The van der Waals surface area contributed by atoms with Gasteiger partial charge in [0.15, 0.2) is 0 Å². The molecule has 1 aromatic rings. The molecule has 0 aromatic heterocycles. The van der Waals surface area contributed by atoms with Crippen LogP contribution in [0.25, 0.3) is 0 Å². The molecule has 1 amide bonds. The molecule has 3 nitrogen and oxygen atoms in total. The maximum absolute atomic E-state index is 11.6. The van der Waals surface area contributed by atoms with Gasteiger partial charge in [-0.25, -0.2) is 0 Å². The fourth-order valence-corrected chi connectivity index (χ4v) is 2.07. The second kappa shape index (κ2) is 6.03. The molecule has 0 aliphatic heterocycles. The number of nitrogens with two attached hydrogens (primary N) is 1. The molecule has 0 fully saturated rings. The largest absolute Gasteiger partial charge is 0.325 e. The highest BCUT2D eigenvalue weighted by atomic mass is 35.5. The van der Waals surface area contributed by atoms with Crippen LogP contribution in [0.3, 0.4) is 0 Å². The molecule has 0 saturated heterocycles. The molecule has 0 heterocycles. The molecule has 1 aliphatic rings. The van der Waals surface area contributed by atoms with Crippen molar-refractivity contribution in [1.82, 2.24) is 0 Å². The summed E-state index contributed by atoms with van der Waals surface area (Å²) in [4.78, 5) is 11.6. The number of aryl methyl sites for hydroxylation is 2. The van der Waals surface area contributed by atoms with Crippen molar-refractivity contribution in [3.05, 3.63) is 29.3 Å². The van der Waals surface area contributed by atoms with Crippen LogP contribution in [0.5, 0.6) is 0 Å².